The molecular formula is C13H13N3O2. The van der Waals surface area contributed by atoms with Crippen molar-refractivity contribution in [2.45, 2.75) is 6.54 Å². The Balaban J connectivity index is 2.13. The van der Waals surface area contributed by atoms with Gasteiger partial charge in [-0.15, -0.1) is 0 Å². The van der Waals surface area contributed by atoms with Crippen molar-refractivity contribution in [3.63, 3.8) is 0 Å². The molecule has 1 aromatic carbocycles. The van der Waals surface area contributed by atoms with Gasteiger partial charge >= 0.3 is 0 Å². The van der Waals surface area contributed by atoms with Crippen molar-refractivity contribution in [2.75, 3.05) is 7.11 Å². The number of fused-ring (bicyclic) bond motifs is 1. The quantitative estimate of drug-likeness (QED) is 0.739. The molecule has 0 bridgehead atoms. The molecule has 5 heteroatoms. The second-order valence-corrected chi connectivity index (χ2v) is 3.94. The third kappa shape index (κ3) is 1.65. The van der Waals surface area contributed by atoms with Crippen LogP contribution in [0.4, 0.5) is 0 Å². The monoisotopic (exact) mass is 243 g/mol. The van der Waals surface area contributed by atoms with Gasteiger partial charge in [0.15, 0.2) is 0 Å². The van der Waals surface area contributed by atoms with E-state index in [0.717, 1.165) is 22.3 Å². The normalized spacial score (nSPS) is 11.0. The van der Waals surface area contributed by atoms with Crippen molar-refractivity contribution in [3.05, 3.63) is 36.2 Å². The van der Waals surface area contributed by atoms with Crippen LogP contribution in [0, 0.1) is 0 Å². The fraction of sp³-hybridized carbons (Fsp3) is 0.154. The van der Waals surface area contributed by atoms with Gasteiger partial charge in [-0.25, -0.2) is 4.98 Å². The summed E-state index contributed by atoms with van der Waals surface area (Å²) in [6.45, 7) is 0.344. The van der Waals surface area contributed by atoms with E-state index in [2.05, 4.69) is 9.97 Å². The van der Waals surface area contributed by atoms with Crippen LogP contribution in [-0.4, -0.2) is 17.1 Å². The van der Waals surface area contributed by atoms with Crippen LogP contribution in [0.25, 0.3) is 22.5 Å². The van der Waals surface area contributed by atoms with E-state index >= 15 is 0 Å². The predicted molar refractivity (Wildman–Crippen MR) is 68.2 cm³/mol. The van der Waals surface area contributed by atoms with E-state index < -0.39 is 0 Å². The van der Waals surface area contributed by atoms with Gasteiger partial charge in [-0.05, 0) is 18.2 Å². The number of H-pyrrole nitrogens is 1. The minimum Gasteiger partial charge on any atom is -0.496 e. The van der Waals surface area contributed by atoms with Gasteiger partial charge in [0.05, 0.1) is 19.9 Å². The molecule has 3 aromatic rings. The first-order valence-corrected chi connectivity index (χ1v) is 5.62. The third-order valence-corrected chi connectivity index (χ3v) is 2.83. The maximum Gasteiger partial charge on any atom is 0.243 e. The summed E-state index contributed by atoms with van der Waals surface area (Å²) in [6, 6.07) is 7.79. The van der Waals surface area contributed by atoms with E-state index in [-0.39, 0.29) is 0 Å². The molecule has 0 saturated carbocycles. The summed E-state index contributed by atoms with van der Waals surface area (Å²) in [5.41, 5.74) is 7.30. The van der Waals surface area contributed by atoms with E-state index in [1.54, 1.807) is 13.3 Å². The molecule has 0 amide bonds. The number of aromatic amines is 1. The summed E-state index contributed by atoms with van der Waals surface area (Å²) >= 11 is 0. The molecule has 0 unspecified atom stereocenters. The Morgan fingerprint density at radius 1 is 1.44 bits per heavy atom. The number of rotatable bonds is 3. The topological polar surface area (TPSA) is 77.1 Å². The molecule has 18 heavy (non-hydrogen) atoms. The SMILES string of the molecule is COc1cccc2[nH]c(-c3ncc(CN)o3)cc12. The molecule has 3 N–H and O–H groups in total. The Labute approximate surface area is 104 Å². The highest BCUT2D eigenvalue weighted by Gasteiger charge is 2.11. The summed E-state index contributed by atoms with van der Waals surface area (Å²) in [5, 5.41) is 1.00. The maximum atomic E-state index is 5.51. The van der Waals surface area contributed by atoms with Crippen LogP contribution in [0.2, 0.25) is 0 Å². The summed E-state index contributed by atoms with van der Waals surface area (Å²) in [5.74, 6) is 2.02. The van der Waals surface area contributed by atoms with Gasteiger partial charge in [-0.2, -0.15) is 0 Å². The first-order chi connectivity index (χ1) is 8.81. The molecule has 0 aliphatic carbocycles. The average Bonchev–Trinajstić information content (AvgIpc) is 3.03. The van der Waals surface area contributed by atoms with Crippen LogP contribution in [0.15, 0.2) is 34.9 Å². The molecule has 0 spiro atoms. The zero-order valence-electron chi connectivity index (χ0n) is 9.93. The van der Waals surface area contributed by atoms with Crippen molar-refractivity contribution in [1.29, 1.82) is 0 Å². The predicted octanol–water partition coefficient (Wildman–Crippen LogP) is 2.29. The number of oxazole rings is 1. The highest BCUT2D eigenvalue weighted by molar-refractivity contribution is 5.89. The van der Waals surface area contributed by atoms with Gasteiger partial charge in [-0.3, -0.25) is 0 Å². The van der Waals surface area contributed by atoms with E-state index in [1.807, 2.05) is 24.3 Å². The smallest absolute Gasteiger partial charge is 0.243 e. The van der Waals surface area contributed by atoms with Crippen LogP contribution in [-0.2, 0) is 6.54 Å². The van der Waals surface area contributed by atoms with E-state index in [0.29, 0.717) is 18.2 Å². The largest absolute Gasteiger partial charge is 0.496 e. The number of hydrogen-bond donors (Lipinski definition) is 2. The molecular weight excluding hydrogens is 230 g/mol. The lowest BCUT2D eigenvalue weighted by Gasteiger charge is -1.99. The van der Waals surface area contributed by atoms with Gasteiger partial charge in [0.2, 0.25) is 5.89 Å². The van der Waals surface area contributed by atoms with E-state index in [9.17, 15) is 0 Å². The lowest BCUT2D eigenvalue weighted by Crippen LogP contribution is -1.92. The molecule has 0 aliphatic heterocycles. The second kappa shape index (κ2) is 4.19. The lowest BCUT2D eigenvalue weighted by molar-refractivity contribution is 0.420. The Morgan fingerprint density at radius 2 is 2.33 bits per heavy atom. The molecule has 0 fully saturated rings. The molecule has 5 nitrogen and oxygen atoms in total. The van der Waals surface area contributed by atoms with Gasteiger partial charge in [0.25, 0.3) is 0 Å². The molecule has 2 aromatic heterocycles. The molecule has 0 atom stereocenters. The summed E-state index contributed by atoms with van der Waals surface area (Å²) in [7, 11) is 1.65. The van der Waals surface area contributed by atoms with E-state index in [1.165, 1.54) is 0 Å². The number of aromatic nitrogens is 2. The first-order valence-electron chi connectivity index (χ1n) is 5.62. The van der Waals surface area contributed by atoms with Crippen molar-refractivity contribution < 1.29 is 9.15 Å². The summed E-state index contributed by atoms with van der Waals surface area (Å²) in [6.07, 6.45) is 1.64. The molecule has 0 saturated heterocycles. The zero-order chi connectivity index (χ0) is 12.5. The Morgan fingerprint density at radius 3 is 3.06 bits per heavy atom. The fourth-order valence-electron chi connectivity index (χ4n) is 1.95. The molecule has 92 valence electrons. The summed E-state index contributed by atoms with van der Waals surface area (Å²) < 4.78 is 10.8. The van der Waals surface area contributed by atoms with Crippen molar-refractivity contribution in [2.24, 2.45) is 5.73 Å². The Hall–Kier alpha value is -2.27. The third-order valence-electron chi connectivity index (χ3n) is 2.83. The minimum atomic E-state index is 0.344. The highest BCUT2D eigenvalue weighted by atomic mass is 16.5. The zero-order valence-corrected chi connectivity index (χ0v) is 9.93. The standard InChI is InChI=1S/C13H13N3O2/c1-17-12-4-2-3-10-9(12)5-11(16-10)13-15-7-8(6-14)18-13/h2-5,7,16H,6,14H2,1H3. The highest BCUT2D eigenvalue weighted by Crippen LogP contribution is 2.30. The van der Waals surface area contributed by atoms with Gasteiger partial charge in [0.1, 0.15) is 17.2 Å². The van der Waals surface area contributed by atoms with Gasteiger partial charge in [0, 0.05) is 10.9 Å². The Bertz CT molecular complexity index is 684. The molecule has 0 radical (unpaired) electrons. The number of hydrogen-bond acceptors (Lipinski definition) is 4. The van der Waals surface area contributed by atoms with Gasteiger partial charge in [-0.1, -0.05) is 6.07 Å². The number of ether oxygens (including phenoxy) is 1. The van der Waals surface area contributed by atoms with Crippen molar-refractivity contribution in [1.82, 2.24) is 9.97 Å². The maximum absolute atomic E-state index is 5.51. The number of benzene rings is 1. The first kappa shape index (κ1) is 10.9. The van der Waals surface area contributed by atoms with E-state index in [4.69, 9.17) is 14.9 Å². The minimum absolute atomic E-state index is 0.344. The van der Waals surface area contributed by atoms with Crippen LogP contribution in [0.5, 0.6) is 5.75 Å². The fourth-order valence-corrected chi connectivity index (χ4v) is 1.95. The van der Waals surface area contributed by atoms with Crippen molar-refractivity contribution >= 4 is 10.9 Å². The lowest BCUT2D eigenvalue weighted by atomic mass is 10.2. The molecule has 2 heterocycles. The second-order valence-electron chi connectivity index (χ2n) is 3.94. The average molecular weight is 243 g/mol. The number of nitrogens with two attached hydrogens (primary N) is 1. The van der Waals surface area contributed by atoms with Crippen LogP contribution in [0.1, 0.15) is 5.76 Å². The summed E-state index contributed by atoms with van der Waals surface area (Å²) in [4.78, 5) is 7.44. The number of methoxy groups -OCH3 is 1. The van der Waals surface area contributed by atoms with Gasteiger partial charge < -0.3 is 19.9 Å². The van der Waals surface area contributed by atoms with Crippen LogP contribution >= 0.6 is 0 Å². The number of nitrogens with one attached hydrogen (secondary N) is 1. The number of nitrogens with zero attached hydrogens (tertiary/aromatic N) is 1. The van der Waals surface area contributed by atoms with Crippen molar-refractivity contribution in [3.8, 4) is 17.3 Å². The Kier molecular flexibility index (Phi) is 2.53. The van der Waals surface area contributed by atoms with Crippen LogP contribution in [0.3, 0.4) is 0 Å². The molecule has 0 aliphatic rings. The van der Waals surface area contributed by atoms with Crippen LogP contribution < -0.4 is 10.5 Å². The molecule has 3 rings (SSSR count).